The van der Waals surface area contributed by atoms with Crippen LogP contribution >= 0.6 is 11.8 Å². The second kappa shape index (κ2) is 11.3. The van der Waals surface area contributed by atoms with Crippen LogP contribution in [-0.4, -0.2) is 64.1 Å². The van der Waals surface area contributed by atoms with E-state index in [1.807, 2.05) is 66.8 Å². The number of hydrogen-bond donors (Lipinski definition) is 0. The third-order valence-electron chi connectivity index (χ3n) is 5.76. The summed E-state index contributed by atoms with van der Waals surface area (Å²) in [5.41, 5.74) is 2.32. The van der Waals surface area contributed by atoms with Gasteiger partial charge in [0.2, 0.25) is 5.91 Å². The van der Waals surface area contributed by atoms with E-state index in [1.165, 1.54) is 17.4 Å². The number of thioether (sulfide) groups is 1. The number of ether oxygens (including phenoxy) is 2. The number of aromatic nitrogens is 3. The topological polar surface area (TPSA) is 72.7 Å². The van der Waals surface area contributed by atoms with Crippen molar-refractivity contribution in [1.29, 1.82) is 0 Å². The SMILES string of the molecule is CCOc1cc(C)ccc1OCc1nnc(SCC(=O)N2CCN(c3ccccc3)CC2)n1C. The standard InChI is InChI=1S/C25H31N5O3S/c1-4-32-22-16-19(2)10-11-21(22)33-17-23-26-27-25(28(23)3)34-18-24(31)30-14-12-29(13-15-30)20-8-6-5-7-9-20/h5-11,16H,4,12-15,17-18H2,1-3H3. The van der Waals surface area contributed by atoms with Gasteiger partial charge in [0, 0.05) is 38.9 Å². The highest BCUT2D eigenvalue weighted by atomic mass is 32.2. The summed E-state index contributed by atoms with van der Waals surface area (Å²) in [5, 5.41) is 9.21. The summed E-state index contributed by atoms with van der Waals surface area (Å²) in [4.78, 5) is 17.0. The summed E-state index contributed by atoms with van der Waals surface area (Å²) >= 11 is 1.41. The van der Waals surface area contributed by atoms with Crippen LogP contribution in [0.25, 0.3) is 0 Å². The van der Waals surface area contributed by atoms with Gasteiger partial charge in [-0.25, -0.2) is 0 Å². The molecule has 0 unspecified atom stereocenters. The quantitative estimate of drug-likeness (QED) is 0.433. The number of nitrogens with zero attached hydrogens (tertiary/aromatic N) is 5. The van der Waals surface area contributed by atoms with E-state index in [4.69, 9.17) is 9.47 Å². The molecule has 0 aliphatic carbocycles. The third-order valence-corrected chi connectivity index (χ3v) is 6.76. The van der Waals surface area contributed by atoms with Gasteiger partial charge >= 0.3 is 0 Å². The molecule has 0 N–H and O–H groups in total. The fourth-order valence-electron chi connectivity index (χ4n) is 3.81. The van der Waals surface area contributed by atoms with Gasteiger partial charge in [-0.3, -0.25) is 4.79 Å². The average Bonchev–Trinajstić information content (AvgIpc) is 3.22. The van der Waals surface area contributed by atoms with Gasteiger partial charge in [0.05, 0.1) is 12.4 Å². The van der Waals surface area contributed by atoms with Crippen LogP contribution in [-0.2, 0) is 18.4 Å². The summed E-state index contributed by atoms with van der Waals surface area (Å²) < 4.78 is 13.5. The van der Waals surface area contributed by atoms with Crippen molar-refractivity contribution in [2.75, 3.05) is 43.4 Å². The molecular formula is C25H31N5O3S. The van der Waals surface area contributed by atoms with E-state index < -0.39 is 0 Å². The molecular weight excluding hydrogens is 450 g/mol. The Kier molecular flexibility index (Phi) is 7.95. The highest BCUT2D eigenvalue weighted by molar-refractivity contribution is 7.99. The van der Waals surface area contributed by atoms with Crippen LogP contribution in [0.1, 0.15) is 18.3 Å². The van der Waals surface area contributed by atoms with Crippen LogP contribution in [0, 0.1) is 6.92 Å². The molecule has 8 nitrogen and oxygen atoms in total. The first-order valence-electron chi connectivity index (χ1n) is 11.5. The molecule has 1 amide bonds. The van der Waals surface area contributed by atoms with Crippen molar-refractivity contribution in [2.24, 2.45) is 7.05 Å². The molecule has 0 bridgehead atoms. The predicted octanol–water partition coefficient (Wildman–Crippen LogP) is 3.54. The molecule has 9 heteroatoms. The first-order chi connectivity index (χ1) is 16.5. The molecule has 0 saturated carbocycles. The number of carbonyl (C=O) groups is 1. The zero-order valence-electron chi connectivity index (χ0n) is 19.9. The second-order valence-corrected chi connectivity index (χ2v) is 9.06. The van der Waals surface area contributed by atoms with E-state index in [0.717, 1.165) is 37.5 Å². The number of para-hydroxylation sites is 1. The van der Waals surface area contributed by atoms with Gasteiger partial charge in [-0.2, -0.15) is 0 Å². The fourth-order valence-corrected chi connectivity index (χ4v) is 4.64. The summed E-state index contributed by atoms with van der Waals surface area (Å²) in [6.45, 7) is 7.94. The van der Waals surface area contributed by atoms with Crippen LogP contribution < -0.4 is 14.4 Å². The van der Waals surface area contributed by atoms with Crippen molar-refractivity contribution in [3.05, 3.63) is 59.9 Å². The van der Waals surface area contributed by atoms with Crippen molar-refractivity contribution in [3.63, 3.8) is 0 Å². The molecule has 2 aromatic carbocycles. The minimum atomic E-state index is 0.125. The van der Waals surface area contributed by atoms with Crippen LogP contribution in [0.4, 0.5) is 5.69 Å². The van der Waals surface area contributed by atoms with Crippen LogP contribution in [0.5, 0.6) is 11.5 Å². The summed E-state index contributed by atoms with van der Waals surface area (Å²) in [6.07, 6.45) is 0. The Bertz CT molecular complexity index is 1100. The van der Waals surface area contributed by atoms with E-state index >= 15 is 0 Å². The van der Waals surface area contributed by atoms with Crippen molar-refractivity contribution >= 4 is 23.4 Å². The van der Waals surface area contributed by atoms with E-state index in [9.17, 15) is 4.79 Å². The third kappa shape index (κ3) is 5.83. The minimum absolute atomic E-state index is 0.125. The highest BCUT2D eigenvalue weighted by Gasteiger charge is 2.22. The number of benzene rings is 2. The van der Waals surface area contributed by atoms with Crippen LogP contribution in [0.15, 0.2) is 53.7 Å². The van der Waals surface area contributed by atoms with Crippen molar-refractivity contribution in [2.45, 2.75) is 25.6 Å². The molecule has 1 fully saturated rings. The minimum Gasteiger partial charge on any atom is -0.490 e. The zero-order valence-corrected chi connectivity index (χ0v) is 20.8. The summed E-state index contributed by atoms with van der Waals surface area (Å²) in [5.74, 6) is 2.55. The Labute approximate surface area is 204 Å². The molecule has 0 atom stereocenters. The van der Waals surface area contributed by atoms with E-state index in [0.29, 0.717) is 29.1 Å². The molecule has 1 saturated heterocycles. The van der Waals surface area contributed by atoms with Gasteiger partial charge in [0.15, 0.2) is 22.5 Å². The Balaban J connectivity index is 1.27. The highest BCUT2D eigenvalue weighted by Crippen LogP contribution is 2.29. The molecule has 4 rings (SSSR count). The maximum absolute atomic E-state index is 12.8. The Hall–Kier alpha value is -3.20. The lowest BCUT2D eigenvalue weighted by molar-refractivity contribution is -0.128. The molecule has 180 valence electrons. The molecule has 1 aliphatic rings. The predicted molar refractivity (Wildman–Crippen MR) is 134 cm³/mol. The number of rotatable bonds is 9. The molecule has 1 aliphatic heterocycles. The van der Waals surface area contributed by atoms with Crippen molar-refractivity contribution < 1.29 is 14.3 Å². The number of carbonyl (C=O) groups excluding carboxylic acids is 1. The smallest absolute Gasteiger partial charge is 0.233 e. The van der Waals surface area contributed by atoms with Crippen LogP contribution in [0.2, 0.25) is 0 Å². The van der Waals surface area contributed by atoms with E-state index in [1.54, 1.807) is 0 Å². The molecule has 2 heterocycles. The molecule has 1 aromatic heterocycles. The molecule has 3 aromatic rings. The molecule has 0 radical (unpaired) electrons. The Morgan fingerprint density at radius 2 is 1.76 bits per heavy atom. The van der Waals surface area contributed by atoms with Gasteiger partial charge in [0.25, 0.3) is 0 Å². The van der Waals surface area contributed by atoms with Gasteiger partial charge in [-0.1, -0.05) is 36.0 Å². The zero-order chi connectivity index (χ0) is 23.9. The van der Waals surface area contributed by atoms with Crippen LogP contribution in [0.3, 0.4) is 0 Å². The lowest BCUT2D eigenvalue weighted by Gasteiger charge is -2.36. The van der Waals surface area contributed by atoms with Gasteiger partial charge in [-0.15, -0.1) is 10.2 Å². The number of aryl methyl sites for hydroxylation is 1. The molecule has 34 heavy (non-hydrogen) atoms. The monoisotopic (exact) mass is 481 g/mol. The lowest BCUT2D eigenvalue weighted by Crippen LogP contribution is -2.49. The maximum Gasteiger partial charge on any atom is 0.233 e. The largest absolute Gasteiger partial charge is 0.490 e. The van der Waals surface area contributed by atoms with Crippen molar-refractivity contribution in [3.8, 4) is 11.5 Å². The summed E-state index contributed by atoms with van der Waals surface area (Å²) in [6, 6.07) is 16.2. The van der Waals surface area contributed by atoms with Gasteiger partial charge in [0.1, 0.15) is 6.61 Å². The molecule has 0 spiro atoms. The van der Waals surface area contributed by atoms with E-state index in [2.05, 4.69) is 27.2 Å². The normalized spacial score (nSPS) is 13.7. The lowest BCUT2D eigenvalue weighted by atomic mass is 10.2. The Morgan fingerprint density at radius 3 is 2.50 bits per heavy atom. The van der Waals surface area contributed by atoms with Crippen molar-refractivity contribution in [1.82, 2.24) is 19.7 Å². The maximum atomic E-state index is 12.8. The first-order valence-corrected chi connectivity index (χ1v) is 12.5. The average molecular weight is 482 g/mol. The number of amides is 1. The van der Waals surface area contributed by atoms with Gasteiger partial charge in [-0.05, 0) is 43.7 Å². The van der Waals surface area contributed by atoms with E-state index in [-0.39, 0.29) is 12.5 Å². The number of piperazine rings is 1. The summed E-state index contributed by atoms with van der Waals surface area (Å²) in [7, 11) is 1.89. The first kappa shape index (κ1) is 23.9. The second-order valence-electron chi connectivity index (χ2n) is 8.12. The fraction of sp³-hybridized carbons (Fsp3) is 0.400. The number of hydrogen-bond acceptors (Lipinski definition) is 7. The number of anilines is 1. The Morgan fingerprint density at radius 1 is 1.00 bits per heavy atom. The van der Waals surface area contributed by atoms with Gasteiger partial charge < -0.3 is 23.8 Å².